The number of carbonyl (C=O) groups is 1. The normalized spacial score (nSPS) is 15.0. The predicted octanol–water partition coefficient (Wildman–Crippen LogP) is 5.25. The summed E-state index contributed by atoms with van der Waals surface area (Å²) in [4.78, 5) is 17.3. The van der Waals surface area contributed by atoms with Crippen LogP contribution in [0.25, 0.3) is 10.6 Å². The summed E-state index contributed by atoms with van der Waals surface area (Å²) in [6.07, 6.45) is 5.29. The second-order valence-electron chi connectivity index (χ2n) is 8.58. The second-order valence-corrected chi connectivity index (χ2v) is 11.4. The SMILES string of the molecule is Cc1cccc(-c2nc(CC(=O)Nc3ccc(S(=O)(=O)N(C)C4CCCCC4)cc3)cs2)c1. The van der Waals surface area contributed by atoms with E-state index in [2.05, 4.69) is 16.4 Å². The Balaban J connectivity index is 1.37. The fourth-order valence-electron chi connectivity index (χ4n) is 4.19. The number of thiazole rings is 1. The third-order valence-corrected chi connectivity index (χ3v) is 8.93. The van der Waals surface area contributed by atoms with Crippen LogP contribution in [0.1, 0.15) is 43.4 Å². The highest BCUT2D eigenvalue weighted by Gasteiger charge is 2.28. The Hall–Kier alpha value is -2.55. The standard InChI is InChI=1S/C25H29N3O3S2/c1-18-7-6-8-19(15-18)25-27-21(17-32-25)16-24(29)26-20-11-13-23(14-12-20)33(30,31)28(2)22-9-4-3-5-10-22/h6-8,11-15,17,22H,3-5,9-10,16H2,1-2H3,(H,26,29). The molecule has 1 amide bonds. The van der Waals surface area contributed by atoms with E-state index in [1.165, 1.54) is 22.1 Å². The minimum Gasteiger partial charge on any atom is -0.326 e. The molecule has 0 atom stereocenters. The van der Waals surface area contributed by atoms with Gasteiger partial charge in [-0.15, -0.1) is 11.3 Å². The Kier molecular flexibility index (Phi) is 7.26. The molecule has 3 aromatic rings. The topological polar surface area (TPSA) is 79.4 Å². The molecular formula is C25H29N3O3S2. The van der Waals surface area contributed by atoms with Crippen molar-refractivity contribution in [1.29, 1.82) is 0 Å². The summed E-state index contributed by atoms with van der Waals surface area (Å²) in [5.74, 6) is -0.189. The van der Waals surface area contributed by atoms with E-state index in [1.807, 2.05) is 30.5 Å². The number of nitrogens with zero attached hydrogens (tertiary/aromatic N) is 2. The molecule has 174 valence electrons. The largest absolute Gasteiger partial charge is 0.326 e. The van der Waals surface area contributed by atoms with E-state index in [-0.39, 0.29) is 23.3 Å². The summed E-state index contributed by atoms with van der Waals surface area (Å²) in [5.41, 5.74) is 3.48. The summed E-state index contributed by atoms with van der Waals surface area (Å²) in [6.45, 7) is 2.04. The van der Waals surface area contributed by atoms with Gasteiger partial charge in [0.2, 0.25) is 15.9 Å². The average molecular weight is 484 g/mol. The zero-order chi connectivity index (χ0) is 23.4. The molecular weight excluding hydrogens is 454 g/mol. The van der Waals surface area contributed by atoms with Crippen molar-refractivity contribution < 1.29 is 13.2 Å². The van der Waals surface area contributed by atoms with Gasteiger partial charge in [-0.05, 0) is 50.1 Å². The highest BCUT2D eigenvalue weighted by atomic mass is 32.2. The number of amides is 1. The third-order valence-electron chi connectivity index (χ3n) is 6.06. The molecule has 1 aliphatic carbocycles. The second kappa shape index (κ2) is 10.2. The van der Waals surface area contributed by atoms with Crippen LogP contribution < -0.4 is 5.32 Å². The highest BCUT2D eigenvalue weighted by Crippen LogP contribution is 2.27. The van der Waals surface area contributed by atoms with Crippen molar-refractivity contribution in [2.45, 2.75) is 56.4 Å². The summed E-state index contributed by atoms with van der Waals surface area (Å²) in [5, 5.41) is 5.62. The van der Waals surface area contributed by atoms with E-state index in [1.54, 1.807) is 31.3 Å². The number of nitrogens with one attached hydrogen (secondary N) is 1. The van der Waals surface area contributed by atoms with Crippen LogP contribution in [-0.2, 0) is 21.2 Å². The molecule has 1 aromatic heterocycles. The van der Waals surface area contributed by atoms with E-state index in [4.69, 9.17) is 0 Å². The molecule has 1 saturated carbocycles. The van der Waals surface area contributed by atoms with E-state index in [0.717, 1.165) is 41.8 Å². The summed E-state index contributed by atoms with van der Waals surface area (Å²) < 4.78 is 27.5. The molecule has 1 fully saturated rings. The number of aromatic nitrogens is 1. The Morgan fingerprint density at radius 2 is 1.85 bits per heavy atom. The van der Waals surface area contributed by atoms with Crippen molar-refractivity contribution in [1.82, 2.24) is 9.29 Å². The lowest BCUT2D eigenvalue weighted by molar-refractivity contribution is -0.115. The Morgan fingerprint density at radius 3 is 2.55 bits per heavy atom. The molecule has 1 heterocycles. The van der Waals surface area contributed by atoms with Gasteiger partial charge < -0.3 is 5.32 Å². The number of carbonyl (C=O) groups excluding carboxylic acids is 1. The first-order valence-electron chi connectivity index (χ1n) is 11.2. The molecule has 1 N–H and O–H groups in total. The number of hydrogen-bond donors (Lipinski definition) is 1. The van der Waals surface area contributed by atoms with E-state index >= 15 is 0 Å². The Morgan fingerprint density at radius 1 is 1.12 bits per heavy atom. The lowest BCUT2D eigenvalue weighted by atomic mass is 9.96. The average Bonchev–Trinajstić information content (AvgIpc) is 3.28. The molecule has 0 unspecified atom stereocenters. The molecule has 0 aliphatic heterocycles. The fourth-order valence-corrected chi connectivity index (χ4v) is 6.42. The van der Waals surface area contributed by atoms with Crippen molar-refractivity contribution in [3.05, 3.63) is 65.2 Å². The monoisotopic (exact) mass is 483 g/mol. The Bertz CT molecular complexity index is 1210. The zero-order valence-electron chi connectivity index (χ0n) is 19.0. The maximum Gasteiger partial charge on any atom is 0.243 e. The van der Waals surface area contributed by atoms with Crippen LogP contribution in [-0.4, -0.2) is 36.7 Å². The van der Waals surface area contributed by atoms with E-state index in [0.29, 0.717) is 11.4 Å². The van der Waals surface area contributed by atoms with Gasteiger partial charge in [-0.2, -0.15) is 4.31 Å². The van der Waals surface area contributed by atoms with Gasteiger partial charge in [-0.3, -0.25) is 4.79 Å². The first-order chi connectivity index (χ1) is 15.8. The Labute approximate surface area is 199 Å². The molecule has 4 rings (SSSR count). The van der Waals surface area contributed by atoms with Crippen LogP contribution >= 0.6 is 11.3 Å². The van der Waals surface area contributed by atoms with Crippen LogP contribution in [0.15, 0.2) is 58.8 Å². The van der Waals surface area contributed by atoms with Crippen LogP contribution in [0, 0.1) is 6.92 Å². The maximum absolute atomic E-state index is 13.0. The van der Waals surface area contributed by atoms with Gasteiger partial charge in [0.15, 0.2) is 0 Å². The van der Waals surface area contributed by atoms with Crippen LogP contribution in [0.2, 0.25) is 0 Å². The zero-order valence-corrected chi connectivity index (χ0v) is 20.6. The van der Waals surface area contributed by atoms with Gasteiger partial charge >= 0.3 is 0 Å². The van der Waals surface area contributed by atoms with Gasteiger partial charge in [-0.1, -0.05) is 43.0 Å². The molecule has 0 bridgehead atoms. The molecule has 0 radical (unpaired) electrons. The molecule has 0 spiro atoms. The molecule has 6 nitrogen and oxygen atoms in total. The van der Waals surface area contributed by atoms with Gasteiger partial charge in [0.1, 0.15) is 5.01 Å². The van der Waals surface area contributed by atoms with Crippen LogP contribution in [0.3, 0.4) is 0 Å². The predicted molar refractivity (Wildman–Crippen MR) is 133 cm³/mol. The minimum atomic E-state index is -3.55. The summed E-state index contributed by atoms with van der Waals surface area (Å²) in [7, 11) is -1.88. The van der Waals surface area contributed by atoms with Crippen molar-refractivity contribution in [2.24, 2.45) is 0 Å². The van der Waals surface area contributed by atoms with Crippen LogP contribution in [0.5, 0.6) is 0 Å². The van der Waals surface area contributed by atoms with Crippen LogP contribution in [0.4, 0.5) is 5.69 Å². The first kappa shape index (κ1) is 23.6. The van der Waals surface area contributed by atoms with Crippen molar-refractivity contribution in [3.63, 3.8) is 0 Å². The number of benzene rings is 2. The molecule has 1 aliphatic rings. The first-order valence-corrected chi connectivity index (χ1v) is 13.5. The summed E-state index contributed by atoms with van der Waals surface area (Å²) >= 11 is 1.52. The lowest BCUT2D eigenvalue weighted by Crippen LogP contribution is -2.38. The van der Waals surface area contributed by atoms with Gasteiger partial charge in [-0.25, -0.2) is 13.4 Å². The highest BCUT2D eigenvalue weighted by molar-refractivity contribution is 7.89. The number of sulfonamides is 1. The lowest BCUT2D eigenvalue weighted by Gasteiger charge is -2.30. The van der Waals surface area contributed by atoms with Gasteiger partial charge in [0, 0.05) is 29.7 Å². The van der Waals surface area contributed by atoms with E-state index < -0.39 is 10.0 Å². The number of rotatable bonds is 7. The fraction of sp³-hybridized carbons (Fsp3) is 0.360. The number of aryl methyl sites for hydroxylation is 1. The van der Waals surface area contributed by atoms with Gasteiger partial charge in [0.25, 0.3) is 0 Å². The molecule has 0 saturated heterocycles. The quantitative estimate of drug-likeness (QED) is 0.498. The third kappa shape index (κ3) is 5.69. The smallest absolute Gasteiger partial charge is 0.243 e. The van der Waals surface area contributed by atoms with Crippen molar-refractivity contribution in [2.75, 3.05) is 12.4 Å². The summed E-state index contributed by atoms with van der Waals surface area (Å²) in [6, 6.07) is 14.6. The maximum atomic E-state index is 13.0. The number of hydrogen-bond acceptors (Lipinski definition) is 5. The minimum absolute atomic E-state index is 0.0610. The molecule has 33 heavy (non-hydrogen) atoms. The van der Waals surface area contributed by atoms with E-state index in [9.17, 15) is 13.2 Å². The molecule has 2 aromatic carbocycles. The number of anilines is 1. The molecule has 8 heteroatoms. The van der Waals surface area contributed by atoms with Gasteiger partial charge in [0.05, 0.1) is 17.0 Å². The van der Waals surface area contributed by atoms with Crippen molar-refractivity contribution >= 4 is 33.0 Å². The van der Waals surface area contributed by atoms with Crippen molar-refractivity contribution in [3.8, 4) is 10.6 Å².